The van der Waals surface area contributed by atoms with Crippen LogP contribution in [0.3, 0.4) is 0 Å². The van der Waals surface area contributed by atoms with Crippen LogP contribution >= 0.6 is 0 Å². The highest BCUT2D eigenvalue weighted by Gasteiger charge is 2.10. The smallest absolute Gasteiger partial charge is 0.325 e. The standard InChI is InChI=1S/C7H7N5O3/c1-11-6-4(2-8-11)7(15)12(10-9-6)3-5(13)14/h2H,3H2,1H3,(H,13,14). The first-order valence-corrected chi connectivity index (χ1v) is 4.07. The molecule has 0 amide bonds. The highest BCUT2D eigenvalue weighted by molar-refractivity contribution is 5.73. The number of hydrogen-bond acceptors (Lipinski definition) is 5. The first-order chi connectivity index (χ1) is 7.09. The summed E-state index contributed by atoms with van der Waals surface area (Å²) in [7, 11) is 1.62. The SMILES string of the molecule is Cn1ncc2c(=O)n(CC(=O)O)nnc21. The second-order valence-electron chi connectivity index (χ2n) is 2.95. The highest BCUT2D eigenvalue weighted by atomic mass is 16.4. The van der Waals surface area contributed by atoms with Gasteiger partial charge in [0.25, 0.3) is 5.56 Å². The summed E-state index contributed by atoms with van der Waals surface area (Å²) in [5, 5.41) is 19.8. The number of aliphatic carboxylic acids is 1. The molecule has 2 aromatic rings. The largest absolute Gasteiger partial charge is 0.480 e. The molecule has 0 aromatic carbocycles. The van der Waals surface area contributed by atoms with Crippen molar-refractivity contribution in [2.75, 3.05) is 0 Å². The quantitative estimate of drug-likeness (QED) is 0.653. The molecule has 8 nitrogen and oxygen atoms in total. The molecule has 0 unspecified atom stereocenters. The van der Waals surface area contributed by atoms with Crippen molar-refractivity contribution < 1.29 is 9.90 Å². The van der Waals surface area contributed by atoms with Crippen LogP contribution in [0.4, 0.5) is 0 Å². The number of fused-ring (bicyclic) bond motifs is 1. The first-order valence-electron chi connectivity index (χ1n) is 4.07. The van der Waals surface area contributed by atoms with Crippen molar-refractivity contribution in [1.82, 2.24) is 24.8 Å². The van der Waals surface area contributed by atoms with Crippen LogP contribution in [0.15, 0.2) is 11.0 Å². The monoisotopic (exact) mass is 209 g/mol. The topological polar surface area (TPSA) is 103 Å². The van der Waals surface area contributed by atoms with E-state index in [4.69, 9.17) is 5.11 Å². The molecule has 78 valence electrons. The second-order valence-corrected chi connectivity index (χ2v) is 2.95. The summed E-state index contributed by atoms with van der Waals surface area (Å²) >= 11 is 0. The predicted octanol–water partition coefficient (Wildman–Crippen LogP) is -1.39. The van der Waals surface area contributed by atoms with E-state index < -0.39 is 18.1 Å². The predicted molar refractivity (Wildman–Crippen MR) is 48.2 cm³/mol. The van der Waals surface area contributed by atoms with Crippen molar-refractivity contribution in [3.8, 4) is 0 Å². The summed E-state index contributed by atoms with van der Waals surface area (Å²) in [5.74, 6) is -1.14. The van der Waals surface area contributed by atoms with Crippen molar-refractivity contribution in [1.29, 1.82) is 0 Å². The average molecular weight is 209 g/mol. The maximum absolute atomic E-state index is 11.6. The van der Waals surface area contributed by atoms with E-state index in [1.807, 2.05) is 0 Å². The fraction of sp³-hybridized carbons (Fsp3) is 0.286. The normalized spacial score (nSPS) is 10.7. The van der Waals surface area contributed by atoms with Crippen molar-refractivity contribution in [3.05, 3.63) is 16.6 Å². The summed E-state index contributed by atoms with van der Waals surface area (Å²) in [6, 6.07) is 0. The minimum Gasteiger partial charge on any atom is -0.480 e. The summed E-state index contributed by atoms with van der Waals surface area (Å²) in [4.78, 5) is 22.0. The molecule has 0 saturated heterocycles. The third-order valence-electron chi connectivity index (χ3n) is 1.90. The van der Waals surface area contributed by atoms with Gasteiger partial charge in [-0.1, -0.05) is 5.21 Å². The van der Waals surface area contributed by atoms with Gasteiger partial charge in [-0.3, -0.25) is 9.59 Å². The molecular formula is C7H7N5O3. The third kappa shape index (κ3) is 1.45. The molecule has 0 radical (unpaired) electrons. The Morgan fingerprint density at radius 3 is 3.00 bits per heavy atom. The van der Waals surface area contributed by atoms with Gasteiger partial charge in [-0.15, -0.1) is 5.10 Å². The van der Waals surface area contributed by atoms with Gasteiger partial charge < -0.3 is 5.11 Å². The first kappa shape index (κ1) is 9.31. The van der Waals surface area contributed by atoms with Gasteiger partial charge in [0.05, 0.1) is 6.20 Å². The summed E-state index contributed by atoms with van der Waals surface area (Å²) in [6.45, 7) is -0.503. The Bertz CT molecular complexity index is 584. The zero-order valence-corrected chi connectivity index (χ0v) is 7.78. The Morgan fingerprint density at radius 1 is 1.60 bits per heavy atom. The van der Waals surface area contributed by atoms with Crippen LogP contribution in [0, 0.1) is 0 Å². The van der Waals surface area contributed by atoms with E-state index in [2.05, 4.69) is 15.4 Å². The number of aromatic nitrogens is 5. The lowest BCUT2D eigenvalue weighted by atomic mass is 10.4. The fourth-order valence-electron chi connectivity index (χ4n) is 1.21. The molecular weight excluding hydrogens is 202 g/mol. The fourth-order valence-corrected chi connectivity index (χ4v) is 1.21. The number of hydrogen-bond donors (Lipinski definition) is 1. The van der Waals surface area contributed by atoms with Gasteiger partial charge in [-0.25, -0.2) is 4.68 Å². The minimum atomic E-state index is -1.14. The van der Waals surface area contributed by atoms with Gasteiger partial charge >= 0.3 is 5.97 Å². The molecule has 0 saturated carbocycles. The van der Waals surface area contributed by atoms with Gasteiger partial charge in [-0.05, 0) is 0 Å². The Labute approximate surface area is 82.7 Å². The van der Waals surface area contributed by atoms with E-state index in [0.717, 1.165) is 4.68 Å². The van der Waals surface area contributed by atoms with E-state index in [1.165, 1.54) is 10.9 Å². The molecule has 15 heavy (non-hydrogen) atoms. The molecule has 0 spiro atoms. The molecule has 0 aliphatic rings. The van der Waals surface area contributed by atoms with E-state index in [9.17, 15) is 9.59 Å². The van der Waals surface area contributed by atoms with Crippen LogP contribution in [0.25, 0.3) is 11.0 Å². The Hall–Kier alpha value is -2.25. The van der Waals surface area contributed by atoms with Crippen LogP contribution in [0.2, 0.25) is 0 Å². The molecule has 0 atom stereocenters. The van der Waals surface area contributed by atoms with E-state index in [1.54, 1.807) is 7.05 Å². The summed E-state index contributed by atoms with van der Waals surface area (Å²) < 4.78 is 2.18. The van der Waals surface area contributed by atoms with E-state index in [0.29, 0.717) is 5.65 Å². The minimum absolute atomic E-state index is 0.258. The van der Waals surface area contributed by atoms with E-state index >= 15 is 0 Å². The lowest BCUT2D eigenvalue weighted by Gasteiger charge is -1.98. The third-order valence-corrected chi connectivity index (χ3v) is 1.90. The maximum atomic E-state index is 11.6. The van der Waals surface area contributed by atoms with Crippen molar-refractivity contribution in [2.24, 2.45) is 7.05 Å². The number of nitrogens with zero attached hydrogens (tertiary/aromatic N) is 5. The molecule has 1 N–H and O–H groups in total. The lowest BCUT2D eigenvalue weighted by Crippen LogP contribution is -2.27. The number of rotatable bonds is 2. The molecule has 2 rings (SSSR count). The van der Waals surface area contributed by atoms with Gasteiger partial charge in [-0.2, -0.15) is 9.78 Å². The zero-order chi connectivity index (χ0) is 11.0. The molecule has 2 heterocycles. The van der Waals surface area contributed by atoms with Gasteiger partial charge in [0.15, 0.2) is 5.65 Å². The van der Waals surface area contributed by atoms with Crippen LogP contribution in [-0.4, -0.2) is 35.9 Å². The summed E-state index contributed by atoms with van der Waals surface area (Å²) in [5.41, 5.74) is -0.169. The van der Waals surface area contributed by atoms with Gasteiger partial charge in [0.2, 0.25) is 0 Å². The van der Waals surface area contributed by atoms with Crippen LogP contribution in [0.5, 0.6) is 0 Å². The van der Waals surface area contributed by atoms with Crippen LogP contribution in [0.1, 0.15) is 0 Å². The van der Waals surface area contributed by atoms with Crippen LogP contribution < -0.4 is 5.56 Å². The lowest BCUT2D eigenvalue weighted by molar-refractivity contribution is -0.138. The van der Waals surface area contributed by atoms with Crippen LogP contribution in [-0.2, 0) is 18.4 Å². The van der Waals surface area contributed by atoms with Crippen molar-refractivity contribution in [3.63, 3.8) is 0 Å². The maximum Gasteiger partial charge on any atom is 0.325 e. The molecule has 2 aromatic heterocycles. The molecule has 8 heteroatoms. The molecule has 0 aliphatic carbocycles. The number of carboxylic acids is 1. The highest BCUT2D eigenvalue weighted by Crippen LogP contribution is 2.01. The second kappa shape index (κ2) is 3.15. The number of carbonyl (C=O) groups is 1. The van der Waals surface area contributed by atoms with Crippen molar-refractivity contribution >= 4 is 17.0 Å². The van der Waals surface area contributed by atoms with Gasteiger partial charge in [0.1, 0.15) is 11.9 Å². The number of carboxylic acid groups (broad SMARTS) is 1. The average Bonchev–Trinajstić information content (AvgIpc) is 2.53. The Kier molecular flexibility index (Phi) is 1.96. The van der Waals surface area contributed by atoms with Crippen molar-refractivity contribution in [2.45, 2.75) is 6.54 Å². The van der Waals surface area contributed by atoms with E-state index in [-0.39, 0.29) is 5.39 Å². The zero-order valence-electron chi connectivity index (χ0n) is 7.78. The number of aryl methyl sites for hydroxylation is 1. The Balaban J connectivity index is 2.66. The van der Waals surface area contributed by atoms with Gasteiger partial charge in [0, 0.05) is 7.05 Å². The molecule has 0 bridgehead atoms. The molecule has 0 fully saturated rings. The molecule has 0 aliphatic heterocycles. The Morgan fingerprint density at radius 2 is 2.33 bits per heavy atom. The summed E-state index contributed by atoms with van der Waals surface area (Å²) in [6.07, 6.45) is 1.34.